The van der Waals surface area contributed by atoms with Crippen LogP contribution >= 0.6 is 0 Å². The Bertz CT molecular complexity index is 512. The largest absolute Gasteiger partial charge is 0.478 e. The van der Waals surface area contributed by atoms with E-state index in [-0.39, 0.29) is 11.5 Å². The van der Waals surface area contributed by atoms with E-state index in [1.807, 2.05) is 0 Å². The molecular weight excluding hydrogens is 258 g/mol. The van der Waals surface area contributed by atoms with Crippen LogP contribution in [0, 0.1) is 0 Å². The molecule has 1 aromatic rings. The van der Waals surface area contributed by atoms with Crippen LogP contribution in [-0.4, -0.2) is 29.6 Å². The molecule has 0 atom stereocenters. The number of carbonyl (C=O) groups is 2. The highest BCUT2D eigenvalue weighted by Gasteiger charge is 2.22. The Balaban J connectivity index is 1.81. The molecule has 20 heavy (non-hydrogen) atoms. The number of aromatic carboxylic acids is 1. The van der Waals surface area contributed by atoms with Gasteiger partial charge >= 0.3 is 5.97 Å². The van der Waals surface area contributed by atoms with E-state index in [0.29, 0.717) is 36.8 Å². The molecule has 0 saturated heterocycles. The van der Waals surface area contributed by atoms with Crippen LogP contribution in [0.5, 0.6) is 0 Å². The van der Waals surface area contributed by atoms with Crippen LogP contribution in [0.2, 0.25) is 0 Å². The molecule has 0 spiro atoms. The van der Waals surface area contributed by atoms with Crippen molar-refractivity contribution < 1.29 is 14.7 Å². The third kappa shape index (κ3) is 3.88. The number of benzene rings is 1. The van der Waals surface area contributed by atoms with Crippen molar-refractivity contribution >= 4 is 23.3 Å². The molecule has 0 heterocycles. The van der Waals surface area contributed by atoms with Crippen LogP contribution in [-0.2, 0) is 4.79 Å². The standard InChI is InChI=1S/C14H19N3O3/c15-11-4-1-3-10(14(19)20)13(11)16-8-2-5-12(18)17-9-6-7-9/h1,3-4,9,16H,2,5-8,15H2,(H,17,18)(H,19,20). The summed E-state index contributed by atoms with van der Waals surface area (Å²) in [6, 6.07) is 5.13. The molecule has 5 N–H and O–H groups in total. The number of rotatable bonds is 7. The number of carboxylic acid groups (broad SMARTS) is 1. The molecule has 6 heteroatoms. The lowest BCUT2D eigenvalue weighted by Gasteiger charge is -2.12. The number of nitrogens with one attached hydrogen (secondary N) is 2. The minimum absolute atomic E-state index is 0.0498. The maximum absolute atomic E-state index is 11.5. The van der Waals surface area contributed by atoms with E-state index < -0.39 is 5.97 Å². The predicted octanol–water partition coefficient (Wildman–Crippen LogP) is 1.44. The van der Waals surface area contributed by atoms with Gasteiger partial charge in [0.15, 0.2) is 0 Å². The van der Waals surface area contributed by atoms with Crippen LogP contribution in [0.4, 0.5) is 11.4 Å². The van der Waals surface area contributed by atoms with Gasteiger partial charge in [-0.1, -0.05) is 6.07 Å². The Kier molecular flexibility index (Phi) is 4.45. The molecule has 0 unspecified atom stereocenters. The third-order valence-electron chi connectivity index (χ3n) is 3.15. The van der Waals surface area contributed by atoms with E-state index in [9.17, 15) is 9.59 Å². The maximum Gasteiger partial charge on any atom is 0.337 e. The van der Waals surface area contributed by atoms with E-state index >= 15 is 0 Å². The van der Waals surface area contributed by atoms with Gasteiger partial charge in [0.25, 0.3) is 0 Å². The number of para-hydroxylation sites is 1. The van der Waals surface area contributed by atoms with E-state index in [0.717, 1.165) is 12.8 Å². The first-order valence-electron chi connectivity index (χ1n) is 6.73. The second kappa shape index (κ2) is 6.27. The zero-order chi connectivity index (χ0) is 14.5. The molecule has 0 radical (unpaired) electrons. The number of hydrogen-bond donors (Lipinski definition) is 4. The van der Waals surface area contributed by atoms with Gasteiger partial charge in [0, 0.05) is 19.0 Å². The Morgan fingerprint density at radius 3 is 2.75 bits per heavy atom. The number of hydrogen-bond acceptors (Lipinski definition) is 4. The molecule has 0 aromatic heterocycles. The zero-order valence-corrected chi connectivity index (χ0v) is 11.2. The summed E-state index contributed by atoms with van der Waals surface area (Å²) in [5.41, 5.74) is 6.73. The summed E-state index contributed by atoms with van der Waals surface area (Å²) < 4.78 is 0. The summed E-state index contributed by atoms with van der Waals surface area (Å²) in [5, 5.41) is 15.0. The van der Waals surface area contributed by atoms with Crippen molar-refractivity contribution in [2.24, 2.45) is 0 Å². The van der Waals surface area contributed by atoms with Gasteiger partial charge in [0.1, 0.15) is 0 Å². The van der Waals surface area contributed by atoms with Crippen molar-refractivity contribution in [1.29, 1.82) is 0 Å². The Labute approximate surface area is 117 Å². The first kappa shape index (κ1) is 14.2. The van der Waals surface area contributed by atoms with Gasteiger partial charge in [-0.15, -0.1) is 0 Å². The molecule has 1 saturated carbocycles. The van der Waals surface area contributed by atoms with Crippen LogP contribution in [0.1, 0.15) is 36.0 Å². The van der Waals surface area contributed by atoms with Crippen molar-refractivity contribution in [1.82, 2.24) is 5.32 Å². The fourth-order valence-corrected chi connectivity index (χ4v) is 1.94. The Morgan fingerprint density at radius 1 is 1.35 bits per heavy atom. The van der Waals surface area contributed by atoms with Crippen molar-refractivity contribution in [3.8, 4) is 0 Å². The summed E-state index contributed by atoms with van der Waals surface area (Å²) in [6.07, 6.45) is 3.21. The summed E-state index contributed by atoms with van der Waals surface area (Å²) in [5.74, 6) is -0.972. The summed E-state index contributed by atoms with van der Waals surface area (Å²) in [4.78, 5) is 22.6. The molecular formula is C14H19N3O3. The molecule has 1 aliphatic carbocycles. The number of nitrogens with two attached hydrogens (primary N) is 1. The highest BCUT2D eigenvalue weighted by atomic mass is 16.4. The zero-order valence-electron chi connectivity index (χ0n) is 11.2. The Morgan fingerprint density at radius 2 is 2.10 bits per heavy atom. The van der Waals surface area contributed by atoms with E-state index in [4.69, 9.17) is 10.8 Å². The number of anilines is 2. The topological polar surface area (TPSA) is 104 Å². The molecule has 1 fully saturated rings. The van der Waals surface area contributed by atoms with E-state index in [1.165, 1.54) is 6.07 Å². The monoisotopic (exact) mass is 277 g/mol. The average molecular weight is 277 g/mol. The maximum atomic E-state index is 11.5. The first-order valence-corrected chi connectivity index (χ1v) is 6.73. The molecule has 0 aliphatic heterocycles. The lowest BCUT2D eigenvalue weighted by atomic mass is 10.1. The summed E-state index contributed by atoms with van der Waals surface area (Å²) in [7, 11) is 0. The van der Waals surface area contributed by atoms with Gasteiger partial charge in [-0.25, -0.2) is 4.79 Å². The number of nitrogen functional groups attached to an aromatic ring is 1. The second-order valence-electron chi connectivity index (χ2n) is 4.95. The molecule has 1 aliphatic rings. The molecule has 108 valence electrons. The van der Waals surface area contributed by atoms with Gasteiger partial charge in [0.05, 0.1) is 16.9 Å². The highest BCUT2D eigenvalue weighted by Crippen LogP contribution is 2.23. The van der Waals surface area contributed by atoms with Gasteiger partial charge < -0.3 is 21.5 Å². The first-order chi connectivity index (χ1) is 9.58. The van der Waals surface area contributed by atoms with Gasteiger partial charge in [-0.05, 0) is 31.4 Å². The lowest BCUT2D eigenvalue weighted by molar-refractivity contribution is -0.121. The molecule has 1 aromatic carbocycles. The molecule has 6 nitrogen and oxygen atoms in total. The van der Waals surface area contributed by atoms with Gasteiger partial charge in [-0.2, -0.15) is 0 Å². The van der Waals surface area contributed by atoms with Crippen molar-refractivity contribution in [2.75, 3.05) is 17.6 Å². The van der Waals surface area contributed by atoms with Crippen LogP contribution in [0.15, 0.2) is 18.2 Å². The normalized spacial score (nSPS) is 13.8. The third-order valence-corrected chi connectivity index (χ3v) is 3.15. The number of carbonyl (C=O) groups excluding carboxylic acids is 1. The second-order valence-corrected chi connectivity index (χ2v) is 4.95. The summed E-state index contributed by atoms with van der Waals surface area (Å²) in [6.45, 7) is 0.507. The average Bonchev–Trinajstić information content (AvgIpc) is 3.19. The lowest BCUT2D eigenvalue weighted by Crippen LogP contribution is -2.25. The smallest absolute Gasteiger partial charge is 0.337 e. The SMILES string of the molecule is Nc1cccc(C(=O)O)c1NCCCC(=O)NC1CC1. The molecule has 0 bridgehead atoms. The fraction of sp³-hybridized carbons (Fsp3) is 0.429. The number of amides is 1. The van der Waals surface area contributed by atoms with Crippen LogP contribution in [0.25, 0.3) is 0 Å². The Hall–Kier alpha value is -2.24. The van der Waals surface area contributed by atoms with Crippen molar-refractivity contribution in [3.63, 3.8) is 0 Å². The fourth-order valence-electron chi connectivity index (χ4n) is 1.94. The number of carboxylic acids is 1. The van der Waals surface area contributed by atoms with Crippen molar-refractivity contribution in [2.45, 2.75) is 31.7 Å². The van der Waals surface area contributed by atoms with Crippen LogP contribution < -0.4 is 16.4 Å². The molecule has 2 rings (SSSR count). The van der Waals surface area contributed by atoms with Gasteiger partial charge in [0.2, 0.25) is 5.91 Å². The van der Waals surface area contributed by atoms with Crippen molar-refractivity contribution in [3.05, 3.63) is 23.8 Å². The van der Waals surface area contributed by atoms with E-state index in [1.54, 1.807) is 12.1 Å². The minimum atomic E-state index is -1.02. The van der Waals surface area contributed by atoms with Crippen LogP contribution in [0.3, 0.4) is 0 Å². The van der Waals surface area contributed by atoms with E-state index in [2.05, 4.69) is 10.6 Å². The predicted molar refractivity (Wildman–Crippen MR) is 76.7 cm³/mol. The molecule has 1 amide bonds. The quantitative estimate of drug-likeness (QED) is 0.446. The minimum Gasteiger partial charge on any atom is -0.478 e. The summed E-state index contributed by atoms with van der Waals surface area (Å²) >= 11 is 0. The van der Waals surface area contributed by atoms with Gasteiger partial charge in [-0.3, -0.25) is 4.79 Å². The highest BCUT2D eigenvalue weighted by molar-refractivity contribution is 5.97.